The van der Waals surface area contributed by atoms with E-state index in [9.17, 15) is 18.0 Å². The number of benzene rings is 3. The monoisotopic (exact) mass is 487 g/mol. The largest absolute Gasteiger partial charge is 0.465 e. The van der Waals surface area contributed by atoms with Gasteiger partial charge in [-0.05, 0) is 37.1 Å². The quantitative estimate of drug-likeness (QED) is 0.394. The van der Waals surface area contributed by atoms with Gasteiger partial charge >= 0.3 is 11.9 Å². The van der Waals surface area contributed by atoms with Gasteiger partial charge in [0, 0.05) is 28.9 Å². The molecule has 0 atom stereocenters. The lowest BCUT2D eigenvalue weighted by Crippen LogP contribution is -2.41. The van der Waals surface area contributed by atoms with E-state index in [4.69, 9.17) is 21.1 Å². The van der Waals surface area contributed by atoms with Gasteiger partial charge in [-0.2, -0.15) is 4.31 Å². The van der Waals surface area contributed by atoms with Crippen LogP contribution < -0.4 is 4.74 Å². The number of hydrogen-bond donors (Lipinski definition) is 0. The summed E-state index contributed by atoms with van der Waals surface area (Å²) in [5.74, 6) is -1.15. The van der Waals surface area contributed by atoms with Crippen molar-refractivity contribution in [1.82, 2.24) is 4.31 Å². The number of halogens is 1. The van der Waals surface area contributed by atoms with Crippen molar-refractivity contribution in [3.05, 3.63) is 71.2 Å². The summed E-state index contributed by atoms with van der Waals surface area (Å²) < 4.78 is 38.0. The summed E-state index contributed by atoms with van der Waals surface area (Å²) in [6.07, 6.45) is 0.619. The van der Waals surface area contributed by atoms with Crippen molar-refractivity contribution in [2.75, 3.05) is 20.2 Å². The van der Waals surface area contributed by atoms with Crippen LogP contribution in [-0.2, 0) is 19.6 Å². The van der Waals surface area contributed by atoms with Gasteiger partial charge in [0.05, 0.1) is 23.5 Å². The molecule has 0 spiro atoms. The van der Waals surface area contributed by atoms with E-state index in [-0.39, 0.29) is 23.5 Å². The van der Waals surface area contributed by atoms with Gasteiger partial charge in [0.2, 0.25) is 10.0 Å². The molecule has 0 unspecified atom stereocenters. The second-order valence-corrected chi connectivity index (χ2v) is 9.99. The average Bonchev–Trinajstić information content (AvgIpc) is 2.85. The normalized spacial score (nSPS) is 15.3. The zero-order valence-electron chi connectivity index (χ0n) is 17.9. The first-order valence-electron chi connectivity index (χ1n) is 10.4. The number of methoxy groups -OCH3 is 1. The highest BCUT2D eigenvalue weighted by molar-refractivity contribution is 7.89. The lowest BCUT2D eigenvalue weighted by atomic mass is 9.98. The van der Waals surface area contributed by atoms with Crippen LogP contribution in [0.4, 0.5) is 0 Å². The highest BCUT2D eigenvalue weighted by atomic mass is 35.5. The van der Waals surface area contributed by atoms with Crippen LogP contribution in [0.5, 0.6) is 5.75 Å². The van der Waals surface area contributed by atoms with Crippen LogP contribution in [0.3, 0.4) is 0 Å². The fraction of sp³-hybridized carbons (Fsp3) is 0.250. The maximum atomic E-state index is 13.2. The Morgan fingerprint density at radius 3 is 2.27 bits per heavy atom. The van der Waals surface area contributed by atoms with E-state index >= 15 is 0 Å². The number of fused-ring (bicyclic) bond motifs is 1. The predicted octanol–water partition coefficient (Wildman–Crippen LogP) is 4.29. The van der Waals surface area contributed by atoms with E-state index < -0.39 is 27.9 Å². The Kier molecular flexibility index (Phi) is 6.69. The Morgan fingerprint density at radius 1 is 0.939 bits per heavy atom. The highest BCUT2D eigenvalue weighted by Crippen LogP contribution is 2.33. The maximum Gasteiger partial charge on any atom is 0.339 e. The van der Waals surface area contributed by atoms with E-state index in [0.717, 1.165) is 10.8 Å². The van der Waals surface area contributed by atoms with Crippen molar-refractivity contribution in [3.8, 4) is 5.75 Å². The number of hydrogen-bond acceptors (Lipinski definition) is 6. The number of piperidine rings is 1. The molecule has 0 radical (unpaired) electrons. The van der Waals surface area contributed by atoms with Gasteiger partial charge in [-0.25, -0.2) is 13.2 Å². The van der Waals surface area contributed by atoms with Crippen LogP contribution in [-0.4, -0.2) is 44.9 Å². The van der Waals surface area contributed by atoms with Crippen molar-refractivity contribution in [2.45, 2.75) is 17.7 Å². The lowest BCUT2D eigenvalue weighted by molar-refractivity contribution is -0.140. The third-order valence-electron chi connectivity index (χ3n) is 5.74. The topological polar surface area (TPSA) is 90.0 Å². The van der Waals surface area contributed by atoms with Crippen molar-refractivity contribution in [3.63, 3.8) is 0 Å². The molecular weight excluding hydrogens is 466 g/mol. The number of carbonyl (C=O) groups excluding carboxylic acids is 2. The molecule has 9 heteroatoms. The zero-order valence-corrected chi connectivity index (χ0v) is 19.4. The second kappa shape index (κ2) is 9.51. The van der Waals surface area contributed by atoms with E-state index in [1.165, 1.54) is 23.5 Å². The van der Waals surface area contributed by atoms with Crippen molar-refractivity contribution < 1.29 is 27.5 Å². The molecule has 4 rings (SSSR count). The molecule has 1 fully saturated rings. The number of sulfonamides is 1. The minimum atomic E-state index is -3.92. The molecule has 1 aliphatic rings. The van der Waals surface area contributed by atoms with Gasteiger partial charge < -0.3 is 9.47 Å². The van der Waals surface area contributed by atoms with Gasteiger partial charge in [-0.3, -0.25) is 4.79 Å². The smallest absolute Gasteiger partial charge is 0.339 e. The Hall–Kier alpha value is -2.94. The SMILES string of the molecule is COC(=O)c1ccccc1S(=O)(=O)N1CCC(C(=O)Oc2ccc(Cl)c3ccccc23)CC1. The Labute approximate surface area is 196 Å². The minimum absolute atomic E-state index is 0.0175. The van der Waals surface area contributed by atoms with Crippen molar-refractivity contribution in [1.29, 1.82) is 0 Å². The molecular formula is C24H22ClNO6S. The summed E-state index contributed by atoms with van der Waals surface area (Å²) in [7, 11) is -2.72. The van der Waals surface area contributed by atoms with Gasteiger partial charge in [0.25, 0.3) is 0 Å². The van der Waals surface area contributed by atoms with Crippen LogP contribution in [0.2, 0.25) is 5.02 Å². The molecule has 0 aromatic heterocycles. The molecule has 1 aliphatic heterocycles. The van der Waals surface area contributed by atoms with Crippen LogP contribution >= 0.6 is 11.6 Å². The van der Waals surface area contributed by atoms with E-state index in [0.29, 0.717) is 23.6 Å². The van der Waals surface area contributed by atoms with E-state index in [1.807, 2.05) is 24.3 Å². The number of carbonyl (C=O) groups is 2. The Morgan fingerprint density at radius 2 is 1.58 bits per heavy atom. The Balaban J connectivity index is 1.47. The number of nitrogens with zero attached hydrogens (tertiary/aromatic N) is 1. The maximum absolute atomic E-state index is 13.2. The fourth-order valence-corrected chi connectivity index (χ4v) is 5.83. The van der Waals surface area contributed by atoms with Crippen LogP contribution in [0.15, 0.2) is 65.6 Å². The van der Waals surface area contributed by atoms with Gasteiger partial charge in [0.1, 0.15) is 5.75 Å². The summed E-state index contributed by atoms with van der Waals surface area (Å²) in [6.45, 7) is 0.276. The second-order valence-electron chi connectivity index (χ2n) is 7.68. The van der Waals surface area contributed by atoms with E-state index in [2.05, 4.69) is 0 Å². The lowest BCUT2D eigenvalue weighted by Gasteiger charge is -2.30. The summed E-state index contributed by atoms with van der Waals surface area (Å²) in [6, 6.07) is 16.6. The van der Waals surface area contributed by atoms with Crippen LogP contribution in [0.1, 0.15) is 23.2 Å². The first-order valence-corrected chi connectivity index (χ1v) is 12.2. The first-order chi connectivity index (χ1) is 15.8. The van der Waals surface area contributed by atoms with Gasteiger partial charge in [-0.1, -0.05) is 48.0 Å². The van der Waals surface area contributed by atoms with Gasteiger partial charge in [-0.15, -0.1) is 0 Å². The third-order valence-corrected chi connectivity index (χ3v) is 8.03. The molecule has 3 aromatic carbocycles. The fourth-order valence-electron chi connectivity index (χ4n) is 3.96. The summed E-state index contributed by atoms with van der Waals surface area (Å²) in [5, 5.41) is 2.09. The molecule has 7 nitrogen and oxygen atoms in total. The van der Waals surface area contributed by atoms with Crippen LogP contribution in [0.25, 0.3) is 10.8 Å². The molecule has 3 aromatic rings. The summed E-state index contributed by atoms with van der Waals surface area (Å²) in [4.78, 5) is 24.7. The minimum Gasteiger partial charge on any atom is -0.465 e. The Bertz CT molecular complexity index is 1320. The number of ether oxygens (including phenoxy) is 2. The predicted molar refractivity (Wildman–Crippen MR) is 124 cm³/mol. The third kappa shape index (κ3) is 4.59. The molecule has 33 heavy (non-hydrogen) atoms. The molecule has 0 aliphatic carbocycles. The summed E-state index contributed by atoms with van der Waals surface area (Å²) >= 11 is 6.23. The van der Waals surface area contributed by atoms with E-state index in [1.54, 1.807) is 24.3 Å². The molecule has 0 amide bonds. The summed E-state index contributed by atoms with van der Waals surface area (Å²) in [5.41, 5.74) is -0.0175. The number of rotatable bonds is 5. The molecule has 0 N–H and O–H groups in total. The highest BCUT2D eigenvalue weighted by Gasteiger charge is 2.35. The molecule has 0 saturated carbocycles. The molecule has 1 saturated heterocycles. The van der Waals surface area contributed by atoms with Crippen molar-refractivity contribution in [2.24, 2.45) is 5.92 Å². The standard InChI is InChI=1S/C24H22ClNO6S/c1-31-24(28)19-8-4-5-9-22(19)33(29,30)26-14-12-16(13-15-26)23(27)32-21-11-10-20(25)17-6-2-3-7-18(17)21/h2-11,16H,12-15H2,1H3. The van der Waals surface area contributed by atoms with Gasteiger partial charge in [0.15, 0.2) is 0 Å². The van der Waals surface area contributed by atoms with Crippen molar-refractivity contribution >= 4 is 44.3 Å². The zero-order chi connectivity index (χ0) is 23.6. The average molecular weight is 488 g/mol. The van der Waals surface area contributed by atoms with Crippen LogP contribution in [0, 0.1) is 5.92 Å². The number of esters is 2. The first kappa shape index (κ1) is 23.2. The molecule has 172 valence electrons. The molecule has 1 heterocycles. The molecule has 0 bridgehead atoms.